The minimum atomic E-state index is -0.621. The Bertz CT molecular complexity index is 1060. The molecule has 8 heteroatoms. The minimum Gasteiger partial charge on any atom is -0.497 e. The monoisotopic (exact) mass is 450 g/mol. The van der Waals surface area contributed by atoms with Crippen LogP contribution >= 0.6 is 0 Å². The van der Waals surface area contributed by atoms with Gasteiger partial charge in [0.25, 0.3) is 0 Å². The van der Waals surface area contributed by atoms with Gasteiger partial charge in [0.1, 0.15) is 5.75 Å². The predicted octanol–water partition coefficient (Wildman–Crippen LogP) is 2.61. The molecule has 1 atom stereocenters. The van der Waals surface area contributed by atoms with Gasteiger partial charge in [0, 0.05) is 44.1 Å². The number of esters is 1. The number of ether oxygens (including phenoxy) is 2. The molecule has 0 aromatic heterocycles. The van der Waals surface area contributed by atoms with Crippen molar-refractivity contribution in [3.05, 3.63) is 70.9 Å². The summed E-state index contributed by atoms with van der Waals surface area (Å²) in [5, 5.41) is 5.71. The van der Waals surface area contributed by atoms with Crippen molar-refractivity contribution < 1.29 is 19.1 Å². The molecule has 2 N–H and O–H groups in total. The van der Waals surface area contributed by atoms with Gasteiger partial charge in [0.2, 0.25) is 0 Å². The number of aryl methyl sites for hydroxylation is 1. The number of methoxy groups -OCH3 is 2. The molecule has 2 aromatic rings. The molecule has 2 heterocycles. The summed E-state index contributed by atoms with van der Waals surface area (Å²) in [6.07, 6.45) is 0. The first kappa shape index (κ1) is 22.7. The summed E-state index contributed by atoms with van der Waals surface area (Å²) in [6, 6.07) is 14.8. The Morgan fingerprint density at radius 3 is 2.52 bits per heavy atom. The molecule has 1 fully saturated rings. The zero-order valence-electron chi connectivity index (χ0n) is 19.3. The Morgan fingerprint density at radius 2 is 1.82 bits per heavy atom. The van der Waals surface area contributed by atoms with Crippen LogP contribution in [0.4, 0.5) is 10.5 Å². The fourth-order valence-corrected chi connectivity index (χ4v) is 4.45. The second-order valence-corrected chi connectivity index (χ2v) is 8.24. The van der Waals surface area contributed by atoms with E-state index in [2.05, 4.69) is 51.6 Å². The molecule has 0 radical (unpaired) electrons. The quantitative estimate of drug-likeness (QED) is 0.659. The van der Waals surface area contributed by atoms with E-state index in [-0.39, 0.29) is 6.03 Å². The fraction of sp³-hybridized carbons (Fsp3) is 0.360. The highest BCUT2D eigenvalue weighted by atomic mass is 16.5. The van der Waals surface area contributed by atoms with Crippen LogP contribution in [0.2, 0.25) is 0 Å². The second-order valence-electron chi connectivity index (χ2n) is 8.24. The molecular formula is C25H30N4O4. The van der Waals surface area contributed by atoms with Crippen molar-refractivity contribution in [3.63, 3.8) is 0 Å². The van der Waals surface area contributed by atoms with E-state index in [4.69, 9.17) is 9.47 Å². The van der Waals surface area contributed by atoms with Crippen LogP contribution in [-0.2, 0) is 9.53 Å². The Morgan fingerprint density at radius 1 is 1.06 bits per heavy atom. The zero-order chi connectivity index (χ0) is 23.4. The molecule has 2 aliphatic heterocycles. The van der Waals surface area contributed by atoms with Gasteiger partial charge in [-0.05, 0) is 36.2 Å². The number of anilines is 1. The highest BCUT2D eigenvalue weighted by Crippen LogP contribution is 2.30. The fourth-order valence-electron chi connectivity index (χ4n) is 4.45. The van der Waals surface area contributed by atoms with E-state index in [9.17, 15) is 9.59 Å². The van der Waals surface area contributed by atoms with Gasteiger partial charge >= 0.3 is 12.0 Å². The van der Waals surface area contributed by atoms with Gasteiger partial charge < -0.3 is 25.0 Å². The Balaban J connectivity index is 1.56. The summed E-state index contributed by atoms with van der Waals surface area (Å²) in [5.74, 6) is 0.183. The first-order chi connectivity index (χ1) is 16.0. The standard InChI is InChI=1S/C25H30N4O4/c1-17-7-4-5-10-21(17)29-13-11-28(12-14-29)16-20-22(24(30)33-3)23(27-25(31)26-20)18-8-6-9-19(15-18)32-2/h4-10,15,23H,11-14,16H2,1-3H3,(H2,26,27,31). The number of piperazine rings is 1. The maximum atomic E-state index is 12.8. The van der Waals surface area contributed by atoms with Crippen molar-refractivity contribution in [3.8, 4) is 5.75 Å². The number of benzene rings is 2. The molecule has 8 nitrogen and oxygen atoms in total. The summed E-state index contributed by atoms with van der Waals surface area (Å²) >= 11 is 0. The van der Waals surface area contributed by atoms with Crippen molar-refractivity contribution in [1.29, 1.82) is 0 Å². The van der Waals surface area contributed by atoms with Crippen LogP contribution < -0.4 is 20.3 Å². The van der Waals surface area contributed by atoms with Crippen molar-refractivity contribution in [1.82, 2.24) is 15.5 Å². The average Bonchev–Trinajstić information content (AvgIpc) is 2.84. The lowest BCUT2D eigenvalue weighted by atomic mass is 9.94. The number of nitrogens with one attached hydrogen (secondary N) is 2. The van der Waals surface area contributed by atoms with E-state index in [0.29, 0.717) is 23.6 Å². The highest BCUT2D eigenvalue weighted by molar-refractivity contribution is 5.95. The van der Waals surface area contributed by atoms with Crippen molar-refractivity contribution in [2.45, 2.75) is 13.0 Å². The smallest absolute Gasteiger partial charge is 0.338 e. The third-order valence-corrected chi connectivity index (χ3v) is 6.20. The summed E-state index contributed by atoms with van der Waals surface area (Å²) < 4.78 is 10.4. The van der Waals surface area contributed by atoms with Crippen LogP contribution in [0.5, 0.6) is 5.75 Å². The number of carbonyl (C=O) groups excluding carboxylic acids is 2. The molecule has 4 rings (SSSR count). The van der Waals surface area contributed by atoms with E-state index < -0.39 is 12.0 Å². The Kier molecular flexibility index (Phi) is 6.84. The van der Waals surface area contributed by atoms with E-state index in [0.717, 1.165) is 31.7 Å². The summed E-state index contributed by atoms with van der Waals surface area (Å²) in [6.45, 7) is 5.96. The number of hydrogen-bond donors (Lipinski definition) is 2. The van der Waals surface area contributed by atoms with Gasteiger partial charge in [-0.3, -0.25) is 4.90 Å². The summed E-state index contributed by atoms with van der Waals surface area (Å²) in [5.41, 5.74) is 4.24. The number of urea groups is 1. The van der Waals surface area contributed by atoms with Crippen molar-refractivity contribution in [2.24, 2.45) is 0 Å². The highest BCUT2D eigenvalue weighted by Gasteiger charge is 2.34. The van der Waals surface area contributed by atoms with Crippen LogP contribution in [0.25, 0.3) is 0 Å². The first-order valence-electron chi connectivity index (χ1n) is 11.1. The SMILES string of the molecule is COC(=O)C1=C(CN2CCN(c3ccccc3C)CC2)NC(=O)NC1c1cccc(OC)c1. The Hall–Kier alpha value is -3.52. The number of rotatable bonds is 6. The average molecular weight is 451 g/mol. The first-order valence-corrected chi connectivity index (χ1v) is 11.1. The molecule has 0 spiro atoms. The van der Waals surface area contributed by atoms with Gasteiger partial charge in [-0.25, -0.2) is 9.59 Å². The molecule has 174 valence electrons. The van der Waals surface area contributed by atoms with E-state index in [1.807, 2.05) is 24.3 Å². The lowest BCUT2D eigenvalue weighted by molar-refractivity contribution is -0.136. The maximum absolute atomic E-state index is 12.8. The second kappa shape index (κ2) is 9.95. The Labute approximate surface area is 194 Å². The van der Waals surface area contributed by atoms with Gasteiger partial charge in [0.05, 0.1) is 25.8 Å². The molecule has 2 aliphatic rings. The van der Waals surface area contributed by atoms with Gasteiger partial charge in [-0.15, -0.1) is 0 Å². The lowest BCUT2D eigenvalue weighted by Crippen LogP contribution is -2.51. The molecular weight excluding hydrogens is 420 g/mol. The van der Waals surface area contributed by atoms with Crippen LogP contribution in [-0.4, -0.2) is 63.8 Å². The summed E-state index contributed by atoms with van der Waals surface area (Å²) in [7, 11) is 2.94. The maximum Gasteiger partial charge on any atom is 0.338 e. The van der Waals surface area contributed by atoms with Crippen LogP contribution in [0.3, 0.4) is 0 Å². The predicted molar refractivity (Wildman–Crippen MR) is 126 cm³/mol. The molecule has 0 saturated carbocycles. The molecule has 2 amide bonds. The third-order valence-electron chi connectivity index (χ3n) is 6.20. The van der Waals surface area contributed by atoms with Crippen LogP contribution in [0.15, 0.2) is 59.8 Å². The number of hydrogen-bond acceptors (Lipinski definition) is 6. The van der Waals surface area contributed by atoms with Gasteiger partial charge in [-0.2, -0.15) is 0 Å². The number of para-hydroxylation sites is 1. The summed E-state index contributed by atoms with van der Waals surface area (Å²) in [4.78, 5) is 30.0. The normalized spacial score (nSPS) is 19.1. The zero-order valence-corrected chi connectivity index (χ0v) is 19.3. The van der Waals surface area contributed by atoms with Gasteiger partial charge in [-0.1, -0.05) is 30.3 Å². The van der Waals surface area contributed by atoms with E-state index in [1.54, 1.807) is 7.11 Å². The van der Waals surface area contributed by atoms with E-state index >= 15 is 0 Å². The van der Waals surface area contributed by atoms with Gasteiger partial charge in [0.15, 0.2) is 0 Å². The molecule has 0 aliphatic carbocycles. The third kappa shape index (κ3) is 4.96. The molecule has 1 unspecified atom stereocenters. The number of nitrogens with zero attached hydrogens (tertiary/aromatic N) is 2. The minimum absolute atomic E-state index is 0.344. The van der Waals surface area contributed by atoms with E-state index in [1.165, 1.54) is 18.4 Å². The van der Waals surface area contributed by atoms with Crippen molar-refractivity contribution >= 4 is 17.7 Å². The molecule has 0 bridgehead atoms. The number of amides is 2. The largest absolute Gasteiger partial charge is 0.497 e. The molecule has 33 heavy (non-hydrogen) atoms. The topological polar surface area (TPSA) is 83.1 Å². The molecule has 2 aromatic carbocycles. The van der Waals surface area contributed by atoms with Crippen molar-refractivity contribution in [2.75, 3.05) is 51.8 Å². The van der Waals surface area contributed by atoms with Crippen LogP contribution in [0, 0.1) is 6.92 Å². The number of carbonyl (C=O) groups is 2. The van der Waals surface area contributed by atoms with Crippen LogP contribution in [0.1, 0.15) is 17.2 Å². The lowest BCUT2D eigenvalue weighted by Gasteiger charge is -2.38. The molecule has 1 saturated heterocycles.